The van der Waals surface area contributed by atoms with Gasteiger partial charge in [0.25, 0.3) is 0 Å². The normalized spacial score (nSPS) is 13.2. The van der Waals surface area contributed by atoms with E-state index in [4.69, 9.17) is 10.2 Å². The summed E-state index contributed by atoms with van der Waals surface area (Å²) >= 11 is 0. The first-order chi connectivity index (χ1) is 13.4. The summed E-state index contributed by atoms with van der Waals surface area (Å²) in [6.07, 6.45) is 2.90. The Balaban J connectivity index is 1.90. The number of para-hydroxylation sites is 1. The van der Waals surface area contributed by atoms with Gasteiger partial charge in [-0.15, -0.1) is 0 Å². The fourth-order valence-corrected chi connectivity index (χ4v) is 2.91. The van der Waals surface area contributed by atoms with Gasteiger partial charge in [-0.1, -0.05) is 49.4 Å². The zero-order valence-electron chi connectivity index (χ0n) is 16.1. The van der Waals surface area contributed by atoms with Gasteiger partial charge < -0.3 is 15.5 Å². The first-order valence-corrected chi connectivity index (χ1v) is 9.30. The number of aliphatic hydroxyl groups is 1. The topological polar surface area (TPSA) is 87.4 Å². The lowest BCUT2D eigenvalue weighted by Gasteiger charge is -2.18. The van der Waals surface area contributed by atoms with Crippen LogP contribution < -0.4 is 5.32 Å². The summed E-state index contributed by atoms with van der Waals surface area (Å²) in [7, 11) is 0. The molecule has 3 aromatic rings. The molecule has 3 rings (SSSR count). The third-order valence-electron chi connectivity index (χ3n) is 4.69. The second-order valence-corrected chi connectivity index (χ2v) is 7.02. The third-order valence-corrected chi connectivity index (χ3v) is 4.69. The van der Waals surface area contributed by atoms with E-state index in [0.29, 0.717) is 6.54 Å². The summed E-state index contributed by atoms with van der Waals surface area (Å²) < 4.78 is 1.81. The largest absolute Gasteiger partial charge is 0.479 e. The average molecular weight is 379 g/mol. The zero-order chi connectivity index (χ0) is 20.1. The molecule has 0 spiro atoms. The van der Waals surface area contributed by atoms with Crippen LogP contribution >= 0.6 is 0 Å². The van der Waals surface area contributed by atoms with Crippen LogP contribution in [0.4, 0.5) is 0 Å². The van der Waals surface area contributed by atoms with Crippen LogP contribution in [0.5, 0.6) is 0 Å². The molecule has 0 fully saturated rings. The number of nitrogens with one attached hydrogen (secondary N) is 1. The fraction of sp³-hybridized carbons (Fsp3) is 0.273. The molecule has 6 heteroatoms. The predicted octanol–water partition coefficient (Wildman–Crippen LogP) is 3.03. The second-order valence-electron chi connectivity index (χ2n) is 7.02. The second kappa shape index (κ2) is 8.37. The zero-order valence-corrected chi connectivity index (χ0v) is 16.1. The first kappa shape index (κ1) is 19.8. The number of carbonyl (C=O) groups is 1. The number of rotatable bonds is 8. The molecular weight excluding hydrogens is 354 g/mol. The van der Waals surface area contributed by atoms with Crippen molar-refractivity contribution in [3.8, 4) is 16.9 Å². The average Bonchev–Trinajstić information content (AvgIpc) is 3.12. The van der Waals surface area contributed by atoms with E-state index in [1.165, 1.54) is 12.5 Å². The summed E-state index contributed by atoms with van der Waals surface area (Å²) in [5, 5.41) is 26.8. The Morgan fingerprint density at radius 2 is 1.82 bits per heavy atom. The van der Waals surface area contributed by atoms with Crippen LogP contribution in [0.15, 0.2) is 60.8 Å². The molecule has 0 saturated carbocycles. The van der Waals surface area contributed by atoms with Crippen LogP contribution in [0.2, 0.25) is 0 Å². The minimum Gasteiger partial charge on any atom is -0.479 e. The van der Waals surface area contributed by atoms with Crippen LogP contribution in [0.1, 0.15) is 25.0 Å². The number of benzene rings is 2. The maximum atomic E-state index is 11.1. The molecule has 6 nitrogen and oxygen atoms in total. The molecule has 0 radical (unpaired) electrons. The number of hydrogen-bond donors (Lipinski definition) is 3. The molecule has 1 atom stereocenters. The van der Waals surface area contributed by atoms with E-state index in [0.717, 1.165) is 28.9 Å². The van der Waals surface area contributed by atoms with Gasteiger partial charge in [0.2, 0.25) is 0 Å². The van der Waals surface area contributed by atoms with Crippen molar-refractivity contribution in [1.82, 2.24) is 15.1 Å². The standard InChI is InChI=1S/C22H25N3O3/c1-3-16-9-11-17(12-10-16)20-18(13-23-15-22(2,28)21(26)27)14-25(24-20)19-7-5-4-6-8-19/h4-12,14,23,28H,3,13,15H2,1-2H3,(H,26,27). The van der Waals surface area contributed by atoms with Crippen molar-refractivity contribution in [2.75, 3.05) is 6.54 Å². The van der Waals surface area contributed by atoms with E-state index in [-0.39, 0.29) is 6.54 Å². The van der Waals surface area contributed by atoms with E-state index in [2.05, 4.69) is 24.4 Å². The number of aliphatic carboxylic acids is 1. The summed E-state index contributed by atoms with van der Waals surface area (Å²) in [4.78, 5) is 11.1. The monoisotopic (exact) mass is 379 g/mol. The van der Waals surface area contributed by atoms with Crippen molar-refractivity contribution >= 4 is 5.97 Å². The van der Waals surface area contributed by atoms with Crippen molar-refractivity contribution in [2.45, 2.75) is 32.4 Å². The van der Waals surface area contributed by atoms with Gasteiger partial charge in [0, 0.05) is 30.4 Å². The number of carboxylic acids is 1. The maximum absolute atomic E-state index is 11.1. The molecule has 0 bridgehead atoms. The van der Waals surface area contributed by atoms with Crippen LogP contribution in [0.25, 0.3) is 16.9 Å². The minimum atomic E-state index is -1.82. The lowest BCUT2D eigenvalue weighted by molar-refractivity contribution is -0.156. The van der Waals surface area contributed by atoms with Gasteiger partial charge in [-0.05, 0) is 31.0 Å². The number of hydrogen-bond acceptors (Lipinski definition) is 4. The molecule has 0 aliphatic carbocycles. The molecule has 1 heterocycles. The summed E-state index contributed by atoms with van der Waals surface area (Å²) in [5.74, 6) is -1.25. The van der Waals surface area contributed by atoms with Gasteiger partial charge in [-0.3, -0.25) is 0 Å². The SMILES string of the molecule is CCc1ccc(-c2nn(-c3ccccc3)cc2CNCC(C)(O)C(=O)O)cc1. The number of carboxylic acid groups (broad SMARTS) is 1. The molecular formula is C22H25N3O3. The van der Waals surface area contributed by atoms with Crippen molar-refractivity contribution in [1.29, 1.82) is 0 Å². The maximum Gasteiger partial charge on any atom is 0.336 e. The lowest BCUT2D eigenvalue weighted by Crippen LogP contribution is -2.44. The van der Waals surface area contributed by atoms with Gasteiger partial charge >= 0.3 is 5.97 Å². The Kier molecular flexibility index (Phi) is 5.92. The van der Waals surface area contributed by atoms with Gasteiger partial charge in [0.1, 0.15) is 0 Å². The molecule has 0 amide bonds. The minimum absolute atomic E-state index is 0.0624. The Labute approximate surface area is 164 Å². The lowest BCUT2D eigenvalue weighted by atomic mass is 10.0. The van der Waals surface area contributed by atoms with E-state index < -0.39 is 11.6 Å². The van der Waals surface area contributed by atoms with E-state index >= 15 is 0 Å². The molecule has 1 aromatic heterocycles. The van der Waals surface area contributed by atoms with Crippen molar-refractivity contribution in [3.63, 3.8) is 0 Å². The third kappa shape index (κ3) is 4.47. The van der Waals surface area contributed by atoms with Gasteiger partial charge in [0.15, 0.2) is 5.60 Å². The Morgan fingerprint density at radius 3 is 2.43 bits per heavy atom. The fourth-order valence-electron chi connectivity index (χ4n) is 2.91. The highest BCUT2D eigenvalue weighted by Gasteiger charge is 2.29. The molecule has 0 aliphatic heterocycles. The molecule has 1 unspecified atom stereocenters. The number of nitrogens with zero attached hydrogens (tertiary/aromatic N) is 2. The summed E-state index contributed by atoms with van der Waals surface area (Å²) in [6, 6.07) is 18.1. The van der Waals surface area contributed by atoms with Crippen LogP contribution in [0.3, 0.4) is 0 Å². The molecule has 0 saturated heterocycles. The van der Waals surface area contributed by atoms with Crippen LogP contribution in [-0.4, -0.2) is 38.1 Å². The van der Waals surface area contributed by atoms with Gasteiger partial charge in [0.05, 0.1) is 11.4 Å². The van der Waals surface area contributed by atoms with Crippen molar-refractivity contribution < 1.29 is 15.0 Å². The van der Waals surface area contributed by atoms with E-state index in [9.17, 15) is 9.90 Å². The highest BCUT2D eigenvalue weighted by atomic mass is 16.4. The smallest absolute Gasteiger partial charge is 0.336 e. The molecule has 2 aromatic carbocycles. The van der Waals surface area contributed by atoms with Crippen LogP contribution in [0, 0.1) is 0 Å². The quantitative estimate of drug-likeness (QED) is 0.560. The van der Waals surface area contributed by atoms with Crippen molar-refractivity contribution in [3.05, 3.63) is 71.9 Å². The van der Waals surface area contributed by atoms with Crippen LogP contribution in [-0.2, 0) is 17.8 Å². The molecule has 0 aliphatic rings. The summed E-state index contributed by atoms with van der Waals surface area (Å²) in [5.41, 5.74) is 3.12. The van der Waals surface area contributed by atoms with Gasteiger partial charge in [-0.2, -0.15) is 5.10 Å². The Morgan fingerprint density at radius 1 is 1.14 bits per heavy atom. The highest BCUT2D eigenvalue weighted by molar-refractivity contribution is 5.76. The highest BCUT2D eigenvalue weighted by Crippen LogP contribution is 2.24. The number of aromatic nitrogens is 2. The molecule has 146 valence electrons. The first-order valence-electron chi connectivity index (χ1n) is 9.30. The Bertz CT molecular complexity index is 931. The van der Waals surface area contributed by atoms with E-state index in [1.807, 2.05) is 53.3 Å². The van der Waals surface area contributed by atoms with Gasteiger partial charge in [-0.25, -0.2) is 9.48 Å². The molecule has 28 heavy (non-hydrogen) atoms. The van der Waals surface area contributed by atoms with Crippen molar-refractivity contribution in [2.24, 2.45) is 0 Å². The number of aryl methyl sites for hydroxylation is 1. The Hall–Kier alpha value is -2.96. The predicted molar refractivity (Wildman–Crippen MR) is 108 cm³/mol. The molecule has 3 N–H and O–H groups in total. The van der Waals surface area contributed by atoms with E-state index in [1.54, 1.807) is 0 Å². The summed E-state index contributed by atoms with van der Waals surface area (Å²) in [6.45, 7) is 3.72.